The molecule has 0 saturated carbocycles. The molecule has 2 rings (SSSR count). The number of aromatic nitrogens is 3. The Bertz CT molecular complexity index is 598. The molecule has 2 heterocycles. The number of carbonyl (C=O) groups is 1. The zero-order chi connectivity index (χ0) is 13.8. The maximum atomic E-state index is 11.7. The highest BCUT2D eigenvalue weighted by Crippen LogP contribution is 2.20. The molecule has 0 atom stereocenters. The smallest absolute Gasteiger partial charge is 0.343 e. The van der Waals surface area contributed by atoms with Gasteiger partial charge in [0.05, 0.1) is 12.8 Å². The Kier molecular flexibility index (Phi) is 4.61. The fourth-order valence-corrected chi connectivity index (χ4v) is 2.12. The zero-order valence-corrected chi connectivity index (χ0v) is 11.9. The van der Waals surface area contributed by atoms with Crippen LogP contribution in [-0.2, 0) is 11.2 Å². The van der Waals surface area contributed by atoms with Crippen LogP contribution in [0.25, 0.3) is 5.65 Å². The molecule has 2 aromatic heterocycles. The lowest BCUT2D eigenvalue weighted by atomic mass is 10.2. The number of rotatable bonds is 5. The van der Waals surface area contributed by atoms with Crippen molar-refractivity contribution in [3.05, 3.63) is 28.7 Å². The normalized spacial score (nSPS) is 10.9. The first-order valence-corrected chi connectivity index (χ1v) is 6.84. The molecule has 7 heteroatoms. The zero-order valence-electron chi connectivity index (χ0n) is 10.4. The van der Waals surface area contributed by atoms with Gasteiger partial charge in [-0.2, -0.15) is 5.10 Å². The summed E-state index contributed by atoms with van der Waals surface area (Å²) in [6.45, 7) is 2.05. The number of carbonyl (C=O) groups excluding carboxylic acids is 1. The molecule has 0 radical (unpaired) electrons. The van der Waals surface area contributed by atoms with E-state index < -0.39 is 5.97 Å². The third kappa shape index (κ3) is 2.82. The minimum atomic E-state index is -0.449. The molecule has 0 aromatic carbocycles. The van der Waals surface area contributed by atoms with E-state index in [1.807, 2.05) is 0 Å². The number of esters is 1. The van der Waals surface area contributed by atoms with E-state index in [1.54, 1.807) is 13.1 Å². The Hall–Kier alpha value is -1.33. The van der Waals surface area contributed by atoms with Gasteiger partial charge in [0, 0.05) is 17.6 Å². The van der Waals surface area contributed by atoms with Gasteiger partial charge in [-0.1, -0.05) is 11.6 Å². The van der Waals surface area contributed by atoms with E-state index in [-0.39, 0.29) is 0 Å². The third-order valence-electron chi connectivity index (χ3n) is 2.61. The van der Waals surface area contributed by atoms with Crippen LogP contribution in [0, 0.1) is 0 Å². The lowest BCUT2D eigenvalue weighted by Crippen LogP contribution is -2.05. The summed E-state index contributed by atoms with van der Waals surface area (Å²) in [4.78, 5) is 15.9. The van der Waals surface area contributed by atoms with Crippen molar-refractivity contribution in [1.82, 2.24) is 14.6 Å². The molecule has 0 amide bonds. The molecule has 0 spiro atoms. The van der Waals surface area contributed by atoms with Crippen LogP contribution >= 0.6 is 23.2 Å². The summed E-state index contributed by atoms with van der Waals surface area (Å²) in [6, 6.07) is 0. The highest BCUT2D eigenvalue weighted by molar-refractivity contribution is 6.30. The Balaban J connectivity index is 2.40. The van der Waals surface area contributed by atoms with Crippen molar-refractivity contribution in [3.63, 3.8) is 0 Å². The summed E-state index contributed by atoms with van der Waals surface area (Å²) < 4.78 is 6.38. The maximum Gasteiger partial charge on any atom is 0.343 e. The summed E-state index contributed by atoms with van der Waals surface area (Å²) in [5.74, 6) is 0.108. The lowest BCUT2D eigenvalue weighted by Gasteiger charge is -2.05. The second-order valence-corrected chi connectivity index (χ2v) is 4.62. The summed E-state index contributed by atoms with van der Waals surface area (Å²) in [5, 5.41) is 4.53. The van der Waals surface area contributed by atoms with Crippen LogP contribution in [0.5, 0.6) is 0 Å². The number of fused-ring (bicyclic) bond motifs is 1. The molecule has 2 aromatic rings. The molecular formula is C12H13Cl2N3O2. The Morgan fingerprint density at radius 2 is 2.26 bits per heavy atom. The minimum absolute atomic E-state index is 0.303. The largest absolute Gasteiger partial charge is 0.462 e. The number of halogens is 2. The molecule has 0 bridgehead atoms. The first-order chi connectivity index (χ1) is 9.19. The number of alkyl halides is 1. The summed E-state index contributed by atoms with van der Waals surface area (Å²) in [5.41, 5.74) is 1.57. The molecule has 0 fully saturated rings. The standard InChI is InChI=1S/C12H13Cl2N3O2/c1-2-19-12(18)9-7-16-17-10(14)8(4-3-5-13)6-15-11(9)17/h6-7H,2-5H2,1H3. The van der Waals surface area contributed by atoms with Gasteiger partial charge < -0.3 is 4.74 Å². The Labute approximate surface area is 120 Å². The van der Waals surface area contributed by atoms with Gasteiger partial charge in [-0.05, 0) is 19.8 Å². The van der Waals surface area contributed by atoms with Crippen molar-refractivity contribution < 1.29 is 9.53 Å². The van der Waals surface area contributed by atoms with E-state index in [0.29, 0.717) is 28.9 Å². The van der Waals surface area contributed by atoms with Gasteiger partial charge in [-0.3, -0.25) is 0 Å². The Morgan fingerprint density at radius 1 is 1.47 bits per heavy atom. The molecule has 0 N–H and O–H groups in total. The predicted octanol–water partition coefficient (Wildman–Crippen LogP) is 2.73. The van der Waals surface area contributed by atoms with Gasteiger partial charge in [-0.15, -0.1) is 11.6 Å². The second kappa shape index (κ2) is 6.21. The van der Waals surface area contributed by atoms with Crippen molar-refractivity contribution in [3.8, 4) is 0 Å². The van der Waals surface area contributed by atoms with Crippen molar-refractivity contribution in [2.24, 2.45) is 0 Å². The van der Waals surface area contributed by atoms with Gasteiger partial charge >= 0.3 is 5.97 Å². The fraction of sp³-hybridized carbons (Fsp3) is 0.417. The average molecular weight is 302 g/mol. The minimum Gasteiger partial charge on any atom is -0.462 e. The van der Waals surface area contributed by atoms with E-state index in [2.05, 4.69) is 10.1 Å². The summed E-state index contributed by atoms with van der Waals surface area (Å²) in [7, 11) is 0. The first-order valence-electron chi connectivity index (χ1n) is 5.93. The molecule has 0 saturated heterocycles. The van der Waals surface area contributed by atoms with Crippen LogP contribution in [0.2, 0.25) is 5.15 Å². The molecule has 0 aliphatic carbocycles. The van der Waals surface area contributed by atoms with Crippen molar-refractivity contribution >= 4 is 34.8 Å². The highest BCUT2D eigenvalue weighted by Gasteiger charge is 2.17. The second-order valence-electron chi connectivity index (χ2n) is 3.88. The van der Waals surface area contributed by atoms with Crippen LogP contribution in [0.1, 0.15) is 29.3 Å². The molecule has 0 aliphatic rings. The van der Waals surface area contributed by atoms with Crippen LogP contribution in [0.3, 0.4) is 0 Å². The van der Waals surface area contributed by atoms with Gasteiger partial charge in [0.25, 0.3) is 0 Å². The molecule has 102 valence electrons. The van der Waals surface area contributed by atoms with Crippen molar-refractivity contribution in [1.29, 1.82) is 0 Å². The van der Waals surface area contributed by atoms with Crippen molar-refractivity contribution in [2.75, 3.05) is 12.5 Å². The predicted molar refractivity (Wildman–Crippen MR) is 73.0 cm³/mol. The quantitative estimate of drug-likeness (QED) is 0.484. The Morgan fingerprint density at radius 3 is 2.95 bits per heavy atom. The van der Waals surface area contributed by atoms with E-state index >= 15 is 0 Å². The first kappa shape index (κ1) is 14.1. The van der Waals surface area contributed by atoms with E-state index in [9.17, 15) is 4.79 Å². The van der Waals surface area contributed by atoms with E-state index in [0.717, 1.165) is 18.4 Å². The van der Waals surface area contributed by atoms with E-state index in [4.69, 9.17) is 27.9 Å². The van der Waals surface area contributed by atoms with Crippen molar-refractivity contribution in [2.45, 2.75) is 19.8 Å². The van der Waals surface area contributed by atoms with Crippen LogP contribution in [0.4, 0.5) is 0 Å². The average Bonchev–Trinajstić information content (AvgIpc) is 2.83. The van der Waals surface area contributed by atoms with Gasteiger partial charge in [0.1, 0.15) is 10.7 Å². The molecule has 0 aliphatic heterocycles. The number of ether oxygens (including phenoxy) is 1. The molecule has 5 nitrogen and oxygen atoms in total. The fourth-order valence-electron chi connectivity index (χ4n) is 1.72. The monoisotopic (exact) mass is 301 g/mol. The van der Waals surface area contributed by atoms with Gasteiger partial charge in [0.2, 0.25) is 0 Å². The topological polar surface area (TPSA) is 56.5 Å². The molecular weight excluding hydrogens is 289 g/mol. The number of nitrogens with zero attached hydrogens (tertiary/aromatic N) is 3. The molecule has 19 heavy (non-hydrogen) atoms. The highest BCUT2D eigenvalue weighted by atomic mass is 35.5. The SMILES string of the molecule is CCOC(=O)c1cnn2c(Cl)c(CCCCl)cnc12. The number of hydrogen-bond donors (Lipinski definition) is 0. The summed E-state index contributed by atoms with van der Waals surface area (Å²) >= 11 is 11.9. The van der Waals surface area contributed by atoms with Gasteiger partial charge in [0.15, 0.2) is 5.65 Å². The molecule has 0 unspecified atom stereocenters. The van der Waals surface area contributed by atoms with Gasteiger partial charge in [-0.25, -0.2) is 14.3 Å². The lowest BCUT2D eigenvalue weighted by molar-refractivity contribution is 0.0528. The third-order valence-corrected chi connectivity index (χ3v) is 3.28. The van der Waals surface area contributed by atoms with Crippen LogP contribution in [0.15, 0.2) is 12.4 Å². The van der Waals surface area contributed by atoms with E-state index in [1.165, 1.54) is 10.7 Å². The van der Waals surface area contributed by atoms with Crippen LogP contribution < -0.4 is 0 Å². The van der Waals surface area contributed by atoms with Crippen LogP contribution in [-0.4, -0.2) is 33.1 Å². The summed E-state index contributed by atoms with van der Waals surface area (Å²) in [6.07, 6.45) is 4.59. The number of hydrogen-bond acceptors (Lipinski definition) is 4. The number of aryl methyl sites for hydroxylation is 1. The maximum absolute atomic E-state index is 11.7.